The third-order valence-electron chi connectivity index (χ3n) is 4.30. The molecule has 0 spiro atoms. The van der Waals surface area contributed by atoms with Crippen LogP contribution in [0.25, 0.3) is 0 Å². The molecule has 3 heterocycles. The van der Waals surface area contributed by atoms with E-state index in [4.69, 9.17) is 9.47 Å². The molecule has 0 aromatic carbocycles. The highest BCUT2D eigenvalue weighted by Crippen LogP contribution is 2.59. The molecule has 89 valence electrons. The fourth-order valence-electron chi connectivity index (χ4n) is 3.61. The second kappa shape index (κ2) is 3.89. The van der Waals surface area contributed by atoms with Gasteiger partial charge in [-0.05, 0) is 5.92 Å². The second-order valence-corrected chi connectivity index (χ2v) is 5.08. The van der Waals surface area contributed by atoms with E-state index in [-0.39, 0.29) is 17.9 Å². The van der Waals surface area contributed by atoms with Crippen LogP contribution in [0.15, 0.2) is 12.7 Å². The summed E-state index contributed by atoms with van der Waals surface area (Å²) in [5, 5.41) is 0. The van der Waals surface area contributed by atoms with Crippen molar-refractivity contribution in [1.29, 1.82) is 0 Å². The molecule has 3 rings (SSSR count). The molecule has 5 unspecified atom stereocenters. The summed E-state index contributed by atoms with van der Waals surface area (Å²) in [6.07, 6.45) is 2.12. The van der Waals surface area contributed by atoms with Crippen LogP contribution in [0.5, 0.6) is 0 Å². The van der Waals surface area contributed by atoms with E-state index in [1.54, 1.807) is 0 Å². The third-order valence-corrected chi connectivity index (χ3v) is 4.30. The third kappa shape index (κ3) is 1.60. The Morgan fingerprint density at radius 1 is 1.65 bits per heavy atom. The number of carbonyl (C=O) groups excluding carboxylic acids is 2. The molecule has 3 aliphatic heterocycles. The lowest BCUT2D eigenvalue weighted by Gasteiger charge is -2.29. The summed E-state index contributed by atoms with van der Waals surface area (Å²) < 4.78 is 10.2. The van der Waals surface area contributed by atoms with Crippen molar-refractivity contribution in [3.8, 4) is 0 Å². The molecule has 0 saturated carbocycles. The van der Waals surface area contributed by atoms with Gasteiger partial charge in [0.2, 0.25) is 0 Å². The van der Waals surface area contributed by atoms with Crippen molar-refractivity contribution in [1.82, 2.24) is 0 Å². The summed E-state index contributed by atoms with van der Waals surface area (Å²) in [5.41, 5.74) is 0. The van der Waals surface area contributed by atoms with Gasteiger partial charge < -0.3 is 9.47 Å². The number of ether oxygens (including phenoxy) is 2. The van der Waals surface area contributed by atoms with Crippen LogP contribution in [0.3, 0.4) is 0 Å². The number of carbonyl (C=O) groups is 2. The van der Waals surface area contributed by atoms with Gasteiger partial charge in [0.25, 0.3) is 0 Å². The van der Waals surface area contributed by atoms with E-state index in [0.29, 0.717) is 36.7 Å². The van der Waals surface area contributed by atoms with Crippen LogP contribution in [-0.4, -0.2) is 32.4 Å². The van der Waals surface area contributed by atoms with Gasteiger partial charge in [0.05, 0.1) is 19.1 Å². The summed E-state index contributed by atoms with van der Waals surface area (Å²) >= 11 is 0. The van der Waals surface area contributed by atoms with Crippen LogP contribution >= 0.6 is 0 Å². The van der Waals surface area contributed by atoms with Crippen molar-refractivity contribution < 1.29 is 19.1 Å². The summed E-state index contributed by atoms with van der Waals surface area (Å²) in [5.74, 6) is 1.02. The molecule has 0 aromatic rings. The Labute approximate surface area is 101 Å². The van der Waals surface area contributed by atoms with Crippen molar-refractivity contribution in [2.24, 2.45) is 17.8 Å². The fourth-order valence-corrected chi connectivity index (χ4v) is 3.61. The van der Waals surface area contributed by atoms with Crippen LogP contribution in [-0.2, 0) is 19.1 Å². The quantitative estimate of drug-likeness (QED) is 0.411. The summed E-state index contributed by atoms with van der Waals surface area (Å²) in [4.78, 5) is 22.5. The maximum absolute atomic E-state index is 11.5. The highest BCUT2D eigenvalue weighted by molar-refractivity contribution is 6.43. The Bertz CT molecular complexity index is 381. The number of fused-ring (bicyclic) bond motifs is 5. The van der Waals surface area contributed by atoms with Gasteiger partial charge >= 0.3 is 11.9 Å². The van der Waals surface area contributed by atoms with Crippen molar-refractivity contribution in [3.63, 3.8) is 0 Å². The molecule has 1 radical (unpaired) electrons. The predicted octanol–water partition coefficient (Wildman–Crippen LogP) is 0.819. The van der Waals surface area contributed by atoms with Crippen molar-refractivity contribution in [2.75, 3.05) is 13.2 Å². The van der Waals surface area contributed by atoms with Crippen LogP contribution in [0.1, 0.15) is 6.42 Å². The molecule has 3 aliphatic rings. The molecular formula is C12H14BO4. The van der Waals surface area contributed by atoms with Gasteiger partial charge in [0, 0.05) is 12.0 Å². The molecule has 0 aromatic heterocycles. The first kappa shape index (κ1) is 10.9. The molecule has 17 heavy (non-hydrogen) atoms. The lowest BCUT2D eigenvalue weighted by Crippen LogP contribution is -2.27. The molecule has 0 N–H and O–H groups in total. The first-order valence-electron chi connectivity index (χ1n) is 6.01. The molecule has 4 nitrogen and oxygen atoms in total. The highest BCUT2D eigenvalue weighted by Gasteiger charge is 2.59. The zero-order chi connectivity index (χ0) is 12.0. The zero-order valence-electron chi connectivity index (χ0n) is 9.50. The molecule has 5 heteroatoms. The molecular weight excluding hydrogens is 219 g/mol. The topological polar surface area (TPSA) is 52.6 Å². The van der Waals surface area contributed by atoms with E-state index in [1.165, 1.54) is 6.08 Å². The van der Waals surface area contributed by atoms with Gasteiger partial charge in [-0.2, -0.15) is 0 Å². The van der Waals surface area contributed by atoms with Crippen LogP contribution in [0.2, 0.25) is 11.6 Å². The summed E-state index contributed by atoms with van der Waals surface area (Å²) in [6.45, 7) is 4.34. The van der Waals surface area contributed by atoms with Crippen LogP contribution in [0, 0.1) is 17.8 Å². The van der Waals surface area contributed by atoms with Crippen molar-refractivity contribution in [2.45, 2.75) is 18.1 Å². The molecule has 5 atom stereocenters. The molecule has 0 aliphatic carbocycles. The van der Waals surface area contributed by atoms with E-state index in [0.717, 1.165) is 6.42 Å². The van der Waals surface area contributed by atoms with Crippen molar-refractivity contribution in [3.05, 3.63) is 12.7 Å². The lowest BCUT2D eigenvalue weighted by molar-refractivity contribution is -0.142. The van der Waals surface area contributed by atoms with Gasteiger partial charge in [-0.3, -0.25) is 4.79 Å². The maximum atomic E-state index is 11.5. The Kier molecular flexibility index (Phi) is 2.49. The Morgan fingerprint density at radius 2 is 2.47 bits per heavy atom. The largest absolute Gasteiger partial charge is 0.465 e. The zero-order valence-corrected chi connectivity index (χ0v) is 9.50. The van der Waals surface area contributed by atoms with Crippen molar-refractivity contribution >= 4 is 19.2 Å². The van der Waals surface area contributed by atoms with Gasteiger partial charge in [-0.25, -0.2) is 4.79 Å². The molecule has 2 bridgehead atoms. The van der Waals surface area contributed by atoms with E-state index in [2.05, 4.69) is 13.9 Å². The summed E-state index contributed by atoms with van der Waals surface area (Å²) in [7, 11) is 2.27. The monoisotopic (exact) mass is 233 g/mol. The number of hydrogen-bond donors (Lipinski definition) is 0. The first-order valence-corrected chi connectivity index (χ1v) is 6.01. The van der Waals surface area contributed by atoms with Gasteiger partial charge in [0.1, 0.15) is 7.28 Å². The number of rotatable bonds is 3. The highest BCUT2D eigenvalue weighted by atomic mass is 16.5. The Hall–Kier alpha value is -1.26. The minimum Gasteiger partial charge on any atom is -0.465 e. The minimum absolute atomic E-state index is 0.0414. The normalized spacial score (nSPS) is 41.6. The fraction of sp³-hybridized carbons (Fsp3) is 0.667. The van der Waals surface area contributed by atoms with E-state index >= 15 is 0 Å². The second-order valence-electron chi connectivity index (χ2n) is 5.08. The van der Waals surface area contributed by atoms with E-state index in [1.807, 2.05) is 0 Å². The molecule has 3 saturated heterocycles. The SMILES string of the molecule is C=CC(=O)OCC1CC2[B]C1C1COC(=O)C21. The average Bonchev–Trinajstić information content (AvgIpc) is 2.98. The number of hydrogen-bond acceptors (Lipinski definition) is 4. The predicted molar refractivity (Wildman–Crippen MR) is 60.5 cm³/mol. The van der Waals surface area contributed by atoms with E-state index < -0.39 is 0 Å². The Morgan fingerprint density at radius 3 is 3.24 bits per heavy atom. The minimum atomic E-state index is -0.372. The lowest BCUT2D eigenvalue weighted by atomic mass is 9.64. The average molecular weight is 233 g/mol. The van der Waals surface area contributed by atoms with Gasteiger partial charge in [-0.15, -0.1) is 0 Å². The van der Waals surface area contributed by atoms with Crippen LogP contribution in [0.4, 0.5) is 0 Å². The molecule has 0 amide bonds. The smallest absolute Gasteiger partial charge is 0.330 e. The molecule has 3 fully saturated rings. The standard InChI is InChI=1S/C12H14BO4/c1-2-9(14)16-4-6-3-8-10-7(11(6)13-8)5-17-12(10)15/h2,6-8,10-11H,1,3-5H2. The first-order chi connectivity index (χ1) is 8.20. The van der Waals surface area contributed by atoms with Gasteiger partial charge in [-0.1, -0.05) is 24.6 Å². The number of esters is 2. The number of cyclic esters (lactones) is 1. The maximum Gasteiger partial charge on any atom is 0.330 e. The van der Waals surface area contributed by atoms with E-state index in [9.17, 15) is 9.59 Å². The van der Waals surface area contributed by atoms with Crippen LogP contribution < -0.4 is 0 Å². The van der Waals surface area contributed by atoms with Gasteiger partial charge in [0.15, 0.2) is 0 Å². The Balaban J connectivity index is 1.63. The summed E-state index contributed by atoms with van der Waals surface area (Å²) in [6, 6.07) is 0.